The van der Waals surface area contributed by atoms with Gasteiger partial charge in [-0.2, -0.15) is 5.26 Å². The number of carbonyl (C=O) groups is 1. The summed E-state index contributed by atoms with van der Waals surface area (Å²) in [6, 6.07) is 15.9. The Bertz CT molecular complexity index is 1320. The first-order chi connectivity index (χ1) is 15.9. The van der Waals surface area contributed by atoms with Gasteiger partial charge in [-0.15, -0.1) is 0 Å². The van der Waals surface area contributed by atoms with Crippen LogP contribution < -0.4 is 19.9 Å². The number of esters is 1. The highest BCUT2D eigenvalue weighted by molar-refractivity contribution is 5.74. The number of benzene rings is 2. The van der Waals surface area contributed by atoms with Crippen molar-refractivity contribution >= 4 is 11.7 Å². The third-order valence-corrected chi connectivity index (χ3v) is 4.88. The van der Waals surface area contributed by atoms with E-state index >= 15 is 0 Å². The molecule has 4 rings (SSSR count). The van der Waals surface area contributed by atoms with Crippen molar-refractivity contribution < 1.29 is 28.3 Å². The molecule has 33 heavy (non-hydrogen) atoms. The lowest BCUT2D eigenvalue weighted by atomic mass is 9.87. The Morgan fingerprint density at radius 1 is 1.24 bits per heavy atom. The monoisotopic (exact) mass is 447 g/mol. The quantitative estimate of drug-likeness (QED) is 0.258. The van der Waals surface area contributed by atoms with Gasteiger partial charge in [-0.05, 0) is 31.2 Å². The molecule has 1 aliphatic rings. The molecule has 3 aromatic rings. The van der Waals surface area contributed by atoms with E-state index in [9.17, 15) is 20.2 Å². The number of nitriles is 1. The van der Waals surface area contributed by atoms with Gasteiger partial charge in [0.25, 0.3) is 0 Å². The number of nitrogens with two attached hydrogens (primary N) is 1. The molecule has 1 unspecified atom stereocenters. The molecule has 2 N–H and O–H groups in total. The van der Waals surface area contributed by atoms with Crippen molar-refractivity contribution in [3.05, 3.63) is 93.3 Å². The number of ether oxygens (including phenoxy) is 3. The third kappa shape index (κ3) is 4.33. The average molecular weight is 447 g/mol. The summed E-state index contributed by atoms with van der Waals surface area (Å²) in [7, 11) is 0. The van der Waals surface area contributed by atoms with Crippen LogP contribution >= 0.6 is 0 Å². The lowest BCUT2D eigenvalue weighted by molar-refractivity contribution is -0.385. The zero-order valence-corrected chi connectivity index (χ0v) is 17.3. The zero-order valence-electron chi connectivity index (χ0n) is 17.3. The molecule has 0 bridgehead atoms. The number of nitro benzene ring substituents is 1. The Labute approximate surface area is 187 Å². The van der Waals surface area contributed by atoms with Crippen LogP contribution in [0.3, 0.4) is 0 Å². The van der Waals surface area contributed by atoms with Gasteiger partial charge in [0.05, 0.1) is 10.8 Å². The standard InChI is InChI=1S/C23H17N3O7/c1-13-6-9-19(31-13)22-15-8-7-14(10-20(15)33-23(25)16(22)11-24)32-21(27)12-30-18-5-3-2-4-17(18)26(28)29/h2-10,22H,12,25H2,1H3. The van der Waals surface area contributed by atoms with E-state index in [1.54, 1.807) is 31.2 Å². The number of rotatable bonds is 6. The van der Waals surface area contributed by atoms with Gasteiger partial charge in [0.1, 0.15) is 34.7 Å². The Balaban J connectivity index is 1.52. The smallest absolute Gasteiger partial charge is 0.349 e. The van der Waals surface area contributed by atoms with E-state index in [4.69, 9.17) is 24.4 Å². The number of aryl methyl sites for hydroxylation is 1. The minimum atomic E-state index is -0.775. The van der Waals surface area contributed by atoms with Crippen LogP contribution in [0.4, 0.5) is 5.69 Å². The number of furan rings is 1. The van der Waals surface area contributed by atoms with E-state index in [0.29, 0.717) is 22.8 Å². The molecular weight excluding hydrogens is 430 g/mol. The molecule has 0 radical (unpaired) electrons. The first kappa shape index (κ1) is 21.5. The van der Waals surface area contributed by atoms with Gasteiger partial charge in [-0.1, -0.05) is 18.2 Å². The Morgan fingerprint density at radius 2 is 2.03 bits per heavy atom. The number of allylic oxidation sites excluding steroid dienone is 1. The molecule has 1 aromatic heterocycles. The lowest BCUT2D eigenvalue weighted by Gasteiger charge is -2.25. The summed E-state index contributed by atoms with van der Waals surface area (Å²) < 4.78 is 21.8. The highest BCUT2D eigenvalue weighted by Gasteiger charge is 2.33. The van der Waals surface area contributed by atoms with Crippen molar-refractivity contribution in [2.75, 3.05) is 6.61 Å². The Kier molecular flexibility index (Phi) is 5.69. The fraction of sp³-hybridized carbons (Fsp3) is 0.130. The normalized spacial score (nSPS) is 14.6. The van der Waals surface area contributed by atoms with E-state index in [1.165, 1.54) is 30.3 Å². The van der Waals surface area contributed by atoms with E-state index in [1.807, 2.05) is 0 Å². The van der Waals surface area contributed by atoms with Crippen LogP contribution in [0.25, 0.3) is 0 Å². The number of para-hydroxylation sites is 2. The highest BCUT2D eigenvalue weighted by Crippen LogP contribution is 2.43. The summed E-state index contributed by atoms with van der Waals surface area (Å²) in [5.74, 6) is 0.182. The molecule has 1 aliphatic heterocycles. The van der Waals surface area contributed by atoms with Crippen LogP contribution in [0.15, 0.2) is 70.5 Å². The number of hydrogen-bond donors (Lipinski definition) is 1. The predicted octanol–water partition coefficient (Wildman–Crippen LogP) is 3.70. The summed E-state index contributed by atoms with van der Waals surface area (Å²) in [6.07, 6.45) is 0. The van der Waals surface area contributed by atoms with Crippen LogP contribution in [-0.2, 0) is 4.79 Å². The van der Waals surface area contributed by atoms with Crippen molar-refractivity contribution in [2.24, 2.45) is 5.73 Å². The number of carbonyl (C=O) groups excluding carboxylic acids is 1. The van der Waals surface area contributed by atoms with Gasteiger partial charge < -0.3 is 24.4 Å². The molecule has 0 saturated carbocycles. The SMILES string of the molecule is Cc1ccc(C2C(C#N)=C(N)Oc3cc(OC(=O)COc4ccccc4[N+](=O)[O-])ccc32)o1. The van der Waals surface area contributed by atoms with Crippen LogP contribution in [0.5, 0.6) is 17.2 Å². The fourth-order valence-electron chi connectivity index (χ4n) is 3.43. The maximum atomic E-state index is 12.2. The van der Waals surface area contributed by atoms with E-state index in [0.717, 1.165) is 0 Å². The second kappa shape index (κ2) is 8.76. The first-order valence-corrected chi connectivity index (χ1v) is 9.72. The van der Waals surface area contributed by atoms with E-state index in [-0.39, 0.29) is 28.6 Å². The second-order valence-electron chi connectivity index (χ2n) is 7.06. The first-order valence-electron chi connectivity index (χ1n) is 9.72. The molecular formula is C23H17N3O7. The van der Waals surface area contributed by atoms with Crippen molar-refractivity contribution in [1.82, 2.24) is 0 Å². The van der Waals surface area contributed by atoms with Crippen molar-refractivity contribution in [3.8, 4) is 23.3 Å². The number of hydrogen-bond acceptors (Lipinski definition) is 9. The van der Waals surface area contributed by atoms with Gasteiger partial charge in [0.15, 0.2) is 12.4 Å². The average Bonchev–Trinajstić information content (AvgIpc) is 3.22. The molecule has 2 aromatic carbocycles. The van der Waals surface area contributed by atoms with Gasteiger partial charge in [0.2, 0.25) is 5.88 Å². The highest BCUT2D eigenvalue weighted by atomic mass is 16.6. The van der Waals surface area contributed by atoms with Gasteiger partial charge in [-0.3, -0.25) is 10.1 Å². The largest absolute Gasteiger partial charge is 0.475 e. The fourth-order valence-corrected chi connectivity index (χ4v) is 3.43. The number of nitro groups is 1. The molecule has 0 saturated heterocycles. The maximum absolute atomic E-state index is 12.2. The van der Waals surface area contributed by atoms with Gasteiger partial charge in [-0.25, -0.2) is 4.79 Å². The maximum Gasteiger partial charge on any atom is 0.349 e. The van der Waals surface area contributed by atoms with Crippen molar-refractivity contribution in [1.29, 1.82) is 5.26 Å². The minimum absolute atomic E-state index is 0.0493. The van der Waals surface area contributed by atoms with Crippen molar-refractivity contribution in [3.63, 3.8) is 0 Å². The minimum Gasteiger partial charge on any atom is -0.475 e. The summed E-state index contributed by atoms with van der Waals surface area (Å²) in [4.78, 5) is 22.7. The molecule has 166 valence electrons. The van der Waals surface area contributed by atoms with Crippen LogP contribution in [0.1, 0.15) is 23.0 Å². The Morgan fingerprint density at radius 3 is 2.73 bits per heavy atom. The predicted molar refractivity (Wildman–Crippen MR) is 113 cm³/mol. The molecule has 0 aliphatic carbocycles. The molecule has 1 atom stereocenters. The molecule has 10 heteroatoms. The summed E-state index contributed by atoms with van der Waals surface area (Å²) in [6.45, 7) is 1.25. The summed E-state index contributed by atoms with van der Waals surface area (Å²) in [5, 5.41) is 20.6. The number of fused-ring (bicyclic) bond motifs is 1. The molecule has 10 nitrogen and oxygen atoms in total. The second-order valence-corrected chi connectivity index (χ2v) is 7.06. The van der Waals surface area contributed by atoms with Crippen LogP contribution in [0, 0.1) is 28.4 Å². The summed E-state index contributed by atoms with van der Waals surface area (Å²) in [5.41, 5.74) is 6.51. The summed E-state index contributed by atoms with van der Waals surface area (Å²) >= 11 is 0. The topological polar surface area (TPSA) is 151 Å². The van der Waals surface area contributed by atoms with Crippen molar-refractivity contribution in [2.45, 2.75) is 12.8 Å². The lowest BCUT2D eigenvalue weighted by Crippen LogP contribution is -2.21. The van der Waals surface area contributed by atoms with Crippen LogP contribution in [-0.4, -0.2) is 17.5 Å². The number of nitrogens with zero attached hydrogens (tertiary/aromatic N) is 2. The van der Waals surface area contributed by atoms with Gasteiger partial charge in [0, 0.05) is 17.7 Å². The molecule has 0 amide bonds. The third-order valence-electron chi connectivity index (χ3n) is 4.88. The van der Waals surface area contributed by atoms with Gasteiger partial charge >= 0.3 is 11.7 Å². The van der Waals surface area contributed by atoms with E-state index < -0.39 is 23.4 Å². The molecule has 0 spiro atoms. The Hall–Kier alpha value is -4.78. The van der Waals surface area contributed by atoms with E-state index in [2.05, 4.69) is 6.07 Å². The molecule has 2 heterocycles. The zero-order chi connectivity index (χ0) is 23.5. The molecule has 0 fully saturated rings. The van der Waals surface area contributed by atoms with Crippen LogP contribution in [0.2, 0.25) is 0 Å².